The molecule has 8 nitrogen and oxygen atoms in total. The third-order valence-corrected chi connectivity index (χ3v) is 2.95. The lowest BCUT2D eigenvalue weighted by Gasteiger charge is -2.18. The number of hydrogen-bond acceptors (Lipinski definition) is 7. The summed E-state index contributed by atoms with van der Waals surface area (Å²) in [7, 11) is 2.30. The van der Waals surface area contributed by atoms with Gasteiger partial charge in [-0.15, -0.1) is 5.06 Å². The van der Waals surface area contributed by atoms with E-state index in [0.29, 0.717) is 5.06 Å². The molecule has 8 heteroatoms. The Morgan fingerprint density at radius 1 is 1.13 bits per heavy atom. The molecule has 0 spiro atoms. The summed E-state index contributed by atoms with van der Waals surface area (Å²) in [5.74, 6) is -1.60. The van der Waals surface area contributed by atoms with Crippen molar-refractivity contribution in [3.05, 3.63) is 47.7 Å². The number of nitrogens with zero attached hydrogens (tertiary/aromatic N) is 1. The van der Waals surface area contributed by atoms with Gasteiger partial charge in [0.15, 0.2) is 5.70 Å². The Labute approximate surface area is 132 Å². The summed E-state index contributed by atoms with van der Waals surface area (Å²) in [4.78, 5) is 40.4. The number of methoxy groups -OCH3 is 2. The molecule has 0 aliphatic carbocycles. The van der Waals surface area contributed by atoms with Gasteiger partial charge < -0.3 is 14.2 Å². The van der Waals surface area contributed by atoms with Gasteiger partial charge in [0.05, 0.1) is 14.2 Å². The van der Waals surface area contributed by atoms with Gasteiger partial charge >= 0.3 is 18.0 Å². The van der Waals surface area contributed by atoms with Crippen molar-refractivity contribution >= 4 is 18.0 Å². The van der Waals surface area contributed by atoms with Gasteiger partial charge in [0.25, 0.3) is 0 Å². The summed E-state index contributed by atoms with van der Waals surface area (Å²) in [5, 5.41) is 0.580. The molecule has 0 saturated heterocycles. The Bertz CT molecular complexity index is 626. The topological polar surface area (TPSA) is 91.4 Å². The highest BCUT2D eigenvalue weighted by Crippen LogP contribution is 2.22. The van der Waals surface area contributed by atoms with E-state index < -0.39 is 24.1 Å². The second kappa shape index (κ2) is 7.41. The minimum atomic E-state index is -1.22. The summed E-state index contributed by atoms with van der Waals surface area (Å²) >= 11 is 0. The Kier molecular flexibility index (Phi) is 5.32. The maximum Gasteiger partial charge on any atom is 0.439 e. The Hall–Kier alpha value is -2.87. The van der Waals surface area contributed by atoms with Crippen molar-refractivity contribution in [3.63, 3.8) is 0 Å². The first-order chi connectivity index (χ1) is 11.1. The number of ether oxygens (including phenoxy) is 3. The summed E-state index contributed by atoms with van der Waals surface area (Å²) in [5.41, 5.74) is 0.508. The van der Waals surface area contributed by atoms with Gasteiger partial charge in [-0.3, -0.25) is 0 Å². The zero-order valence-corrected chi connectivity index (χ0v) is 12.6. The largest absolute Gasteiger partial charge is 0.467 e. The molecule has 0 bridgehead atoms. The number of benzene rings is 1. The van der Waals surface area contributed by atoms with E-state index in [-0.39, 0.29) is 12.3 Å². The Morgan fingerprint density at radius 2 is 1.83 bits per heavy atom. The van der Waals surface area contributed by atoms with E-state index in [4.69, 9.17) is 9.57 Å². The summed E-state index contributed by atoms with van der Waals surface area (Å²) in [6.07, 6.45) is -1.04. The molecule has 1 aromatic rings. The molecule has 1 aliphatic heterocycles. The quantitative estimate of drug-likeness (QED) is 0.607. The van der Waals surface area contributed by atoms with E-state index in [1.165, 1.54) is 0 Å². The van der Waals surface area contributed by atoms with E-state index in [0.717, 1.165) is 25.9 Å². The number of esters is 2. The maximum absolute atomic E-state index is 12.1. The van der Waals surface area contributed by atoms with Crippen LogP contribution in [0, 0.1) is 0 Å². The molecule has 1 amide bonds. The highest BCUT2D eigenvalue weighted by atomic mass is 16.8. The molecule has 1 unspecified atom stereocenters. The van der Waals surface area contributed by atoms with Crippen LogP contribution in [0.3, 0.4) is 0 Å². The van der Waals surface area contributed by atoms with Crippen LogP contribution in [0.1, 0.15) is 5.56 Å². The smallest absolute Gasteiger partial charge is 0.439 e. The summed E-state index contributed by atoms with van der Waals surface area (Å²) in [6.45, 7) is -0.0170. The fourth-order valence-corrected chi connectivity index (χ4v) is 1.81. The van der Waals surface area contributed by atoms with Crippen molar-refractivity contribution in [2.24, 2.45) is 0 Å². The number of hydrogen-bond donors (Lipinski definition) is 0. The predicted molar refractivity (Wildman–Crippen MR) is 75.5 cm³/mol. The van der Waals surface area contributed by atoms with Gasteiger partial charge in [-0.05, 0) is 11.6 Å². The van der Waals surface area contributed by atoms with Crippen molar-refractivity contribution in [1.82, 2.24) is 5.06 Å². The fourth-order valence-electron chi connectivity index (χ4n) is 1.81. The van der Waals surface area contributed by atoms with Crippen molar-refractivity contribution in [1.29, 1.82) is 0 Å². The van der Waals surface area contributed by atoms with E-state index in [2.05, 4.69) is 9.47 Å². The zero-order valence-electron chi connectivity index (χ0n) is 12.6. The van der Waals surface area contributed by atoms with E-state index in [1.807, 2.05) is 6.07 Å². The average molecular weight is 321 g/mol. The summed E-state index contributed by atoms with van der Waals surface area (Å²) < 4.78 is 14.1. The lowest BCUT2D eigenvalue weighted by atomic mass is 10.2. The maximum atomic E-state index is 12.1. The second-order valence-corrected chi connectivity index (χ2v) is 4.43. The molecule has 122 valence electrons. The van der Waals surface area contributed by atoms with Crippen molar-refractivity contribution in [3.8, 4) is 0 Å². The van der Waals surface area contributed by atoms with Gasteiger partial charge in [0.2, 0.25) is 6.10 Å². The van der Waals surface area contributed by atoms with Crippen molar-refractivity contribution in [2.45, 2.75) is 12.7 Å². The van der Waals surface area contributed by atoms with Crippen LogP contribution in [-0.4, -0.2) is 43.4 Å². The van der Waals surface area contributed by atoms with Crippen LogP contribution in [0.5, 0.6) is 0 Å². The van der Waals surface area contributed by atoms with Crippen LogP contribution >= 0.6 is 0 Å². The fraction of sp³-hybridized carbons (Fsp3) is 0.267. The van der Waals surface area contributed by atoms with E-state index >= 15 is 0 Å². The first-order valence-corrected chi connectivity index (χ1v) is 6.62. The van der Waals surface area contributed by atoms with Crippen LogP contribution in [0.25, 0.3) is 0 Å². The molecule has 23 heavy (non-hydrogen) atoms. The molecule has 0 saturated carbocycles. The number of carbonyl (C=O) groups is 3. The zero-order chi connectivity index (χ0) is 16.8. The lowest BCUT2D eigenvalue weighted by Crippen LogP contribution is -2.34. The van der Waals surface area contributed by atoms with Crippen molar-refractivity contribution in [2.75, 3.05) is 14.2 Å². The molecule has 1 aromatic carbocycles. The standard InChI is InChI=1S/C15H15NO7/c1-20-13(17)11-8-12(14(18)21-2)23-16(11)15(19)22-9-10-6-4-3-5-7-10/h3-8,12H,9H2,1-2H3. The highest BCUT2D eigenvalue weighted by molar-refractivity contribution is 5.94. The van der Waals surface area contributed by atoms with Crippen LogP contribution in [0.15, 0.2) is 42.1 Å². The van der Waals surface area contributed by atoms with Gasteiger partial charge in [0.1, 0.15) is 6.61 Å². The van der Waals surface area contributed by atoms with Crippen LogP contribution < -0.4 is 0 Å². The molecular weight excluding hydrogens is 306 g/mol. The molecule has 1 aliphatic rings. The normalized spacial score (nSPS) is 16.5. The Morgan fingerprint density at radius 3 is 2.43 bits per heavy atom. The van der Waals surface area contributed by atoms with E-state index in [1.54, 1.807) is 24.3 Å². The Balaban J connectivity index is 2.07. The monoisotopic (exact) mass is 321 g/mol. The van der Waals surface area contributed by atoms with Crippen molar-refractivity contribution < 1.29 is 33.4 Å². The van der Waals surface area contributed by atoms with Crippen LogP contribution in [-0.2, 0) is 35.2 Å². The molecule has 0 radical (unpaired) electrons. The first kappa shape index (κ1) is 16.5. The number of carbonyl (C=O) groups excluding carboxylic acids is 3. The molecule has 0 fully saturated rings. The number of rotatable bonds is 4. The van der Waals surface area contributed by atoms with Crippen LogP contribution in [0.2, 0.25) is 0 Å². The molecule has 1 heterocycles. The van der Waals surface area contributed by atoms with Gasteiger partial charge in [-0.25, -0.2) is 19.2 Å². The van der Waals surface area contributed by atoms with E-state index in [9.17, 15) is 14.4 Å². The predicted octanol–water partition coefficient (Wildman–Crippen LogP) is 1.17. The number of amides is 1. The van der Waals surface area contributed by atoms with Gasteiger partial charge in [-0.2, -0.15) is 0 Å². The minimum Gasteiger partial charge on any atom is -0.467 e. The second-order valence-electron chi connectivity index (χ2n) is 4.43. The molecule has 0 N–H and O–H groups in total. The SMILES string of the molecule is COC(=O)C1=CC(C(=O)OC)ON1C(=O)OCc1ccccc1. The molecule has 1 atom stereocenters. The molecule has 0 aromatic heterocycles. The lowest BCUT2D eigenvalue weighted by molar-refractivity contribution is -0.173. The minimum absolute atomic E-state index is 0.0170. The van der Waals surface area contributed by atoms with Gasteiger partial charge in [-0.1, -0.05) is 30.3 Å². The highest BCUT2D eigenvalue weighted by Gasteiger charge is 2.39. The van der Waals surface area contributed by atoms with Gasteiger partial charge in [0, 0.05) is 0 Å². The summed E-state index contributed by atoms with van der Waals surface area (Å²) in [6, 6.07) is 8.96. The number of hydroxylamine groups is 2. The molecule has 2 rings (SSSR count). The average Bonchev–Trinajstić information content (AvgIpc) is 3.04. The molecular formula is C15H15NO7. The third-order valence-electron chi connectivity index (χ3n) is 2.95. The van der Waals surface area contributed by atoms with Crippen LogP contribution in [0.4, 0.5) is 4.79 Å². The third kappa shape index (κ3) is 3.86. The first-order valence-electron chi connectivity index (χ1n) is 6.62.